The Labute approximate surface area is 299 Å². The van der Waals surface area contributed by atoms with Crippen LogP contribution >= 0.6 is 66.1 Å². The smallest absolute Gasteiger partial charge is 0.310 e. The van der Waals surface area contributed by atoms with E-state index in [1.165, 1.54) is 14.2 Å². The third-order valence-electron chi connectivity index (χ3n) is 7.03. The Kier molecular flexibility index (Phi) is 10.8. The highest BCUT2D eigenvalue weighted by atomic mass is 127. The molecule has 0 atom stereocenters. The Hall–Kier alpha value is -3.40. The molecule has 0 fully saturated rings. The molecule has 2 aromatic carbocycles. The lowest BCUT2D eigenvalue weighted by molar-refractivity contribution is -0.140. The van der Waals surface area contributed by atoms with Crippen LogP contribution in [0.3, 0.4) is 0 Å². The fraction of sp³-hybridized carbons (Fsp3) is 0.188. The first-order chi connectivity index (χ1) is 22.0. The summed E-state index contributed by atoms with van der Waals surface area (Å²) in [5.41, 5.74) is 7.92. The van der Waals surface area contributed by atoms with Crippen LogP contribution < -0.4 is 0 Å². The van der Waals surface area contributed by atoms with Crippen LogP contribution in [0.15, 0.2) is 69.6 Å². The molecule has 4 aromatic heterocycles. The van der Waals surface area contributed by atoms with Crippen molar-refractivity contribution >= 4 is 89.3 Å². The number of carbonyl (C=O) groups is 2. The van der Waals surface area contributed by atoms with Crippen molar-refractivity contribution in [3.8, 4) is 22.5 Å². The normalized spacial score (nSPS) is 11.0. The van der Waals surface area contributed by atoms with E-state index in [9.17, 15) is 9.59 Å². The zero-order valence-corrected chi connectivity index (χ0v) is 31.1. The van der Waals surface area contributed by atoms with Crippen LogP contribution in [0.5, 0.6) is 0 Å². The molecule has 0 unspecified atom stereocenters. The van der Waals surface area contributed by atoms with Gasteiger partial charge in [0.05, 0.1) is 38.4 Å². The molecular formula is C32H26Br2ClIN6O4. The Morgan fingerprint density at radius 2 is 1.22 bits per heavy atom. The predicted octanol–water partition coefficient (Wildman–Crippen LogP) is 7.62. The van der Waals surface area contributed by atoms with E-state index in [1.54, 1.807) is 9.03 Å². The van der Waals surface area contributed by atoms with Crippen molar-refractivity contribution in [2.75, 3.05) is 14.2 Å². The quantitative estimate of drug-likeness (QED) is 0.0955. The number of hydrogen-bond donors (Lipinski definition) is 0. The molecule has 46 heavy (non-hydrogen) atoms. The molecule has 0 aliphatic carbocycles. The number of carbonyl (C=O) groups excluding carboxylic acids is 2. The number of aromatic nitrogens is 6. The number of ether oxygens (including phenoxy) is 2. The van der Waals surface area contributed by atoms with Crippen LogP contribution in [0.25, 0.3) is 33.8 Å². The molecule has 0 spiro atoms. The minimum atomic E-state index is -0.365. The molecule has 0 saturated heterocycles. The van der Waals surface area contributed by atoms with E-state index in [0.717, 1.165) is 52.1 Å². The van der Waals surface area contributed by atoms with Crippen molar-refractivity contribution in [2.45, 2.75) is 26.7 Å². The minimum absolute atomic E-state index is 0.0657. The molecule has 6 rings (SSSR count). The van der Waals surface area contributed by atoms with Gasteiger partial charge in [0.2, 0.25) is 0 Å². The lowest BCUT2D eigenvalue weighted by atomic mass is 10.1. The standard InChI is InChI=1S/C16H13BrClN3O2.C16H13BrIN3O2/c2*1-9-12(7-15(22)23-2)16(18)21-14(19-9)8-13(20-21)10-4-3-5-11(17)6-10/h2*3-6,8H,7H2,1-2H3. The molecule has 0 saturated carbocycles. The summed E-state index contributed by atoms with van der Waals surface area (Å²) in [6, 6.07) is 19.6. The molecular weight excluding hydrogens is 855 g/mol. The maximum Gasteiger partial charge on any atom is 0.310 e. The van der Waals surface area contributed by atoms with Crippen molar-refractivity contribution in [3.05, 3.63) is 101 Å². The summed E-state index contributed by atoms with van der Waals surface area (Å²) < 4.78 is 15.6. The Bertz CT molecular complexity index is 1970. The van der Waals surface area contributed by atoms with Crippen LogP contribution in [-0.4, -0.2) is 55.4 Å². The van der Waals surface area contributed by atoms with E-state index in [2.05, 4.69) is 74.6 Å². The molecule has 0 bridgehead atoms. The number of esters is 2. The van der Waals surface area contributed by atoms with Crippen LogP contribution in [0.4, 0.5) is 0 Å². The second-order valence-corrected chi connectivity index (χ2v) is 13.3. The van der Waals surface area contributed by atoms with Crippen molar-refractivity contribution < 1.29 is 19.1 Å². The van der Waals surface area contributed by atoms with Crippen molar-refractivity contribution in [1.82, 2.24) is 29.2 Å². The van der Waals surface area contributed by atoms with Crippen LogP contribution in [-0.2, 0) is 31.9 Å². The topological polar surface area (TPSA) is 113 Å². The van der Waals surface area contributed by atoms with E-state index in [-0.39, 0.29) is 24.8 Å². The van der Waals surface area contributed by atoms with Crippen LogP contribution in [0.2, 0.25) is 5.15 Å². The van der Waals surface area contributed by atoms with Crippen LogP contribution in [0, 0.1) is 17.5 Å². The van der Waals surface area contributed by atoms with Gasteiger partial charge < -0.3 is 9.47 Å². The number of halogens is 4. The summed E-state index contributed by atoms with van der Waals surface area (Å²) >= 11 is 15.5. The molecule has 14 heteroatoms. The number of nitrogens with zero attached hydrogens (tertiary/aromatic N) is 6. The van der Waals surface area contributed by atoms with Crippen LogP contribution in [0.1, 0.15) is 22.5 Å². The van der Waals surface area contributed by atoms with Gasteiger partial charge in [-0.05, 0) is 60.7 Å². The average molecular weight is 881 g/mol. The van der Waals surface area contributed by atoms with E-state index < -0.39 is 0 Å². The lowest BCUT2D eigenvalue weighted by Gasteiger charge is -2.08. The summed E-state index contributed by atoms with van der Waals surface area (Å²) in [6.07, 6.45) is 0.256. The monoisotopic (exact) mass is 878 g/mol. The second-order valence-electron chi connectivity index (χ2n) is 10.1. The van der Waals surface area contributed by atoms with Gasteiger partial charge in [-0.1, -0.05) is 67.7 Å². The number of hydrogen-bond acceptors (Lipinski definition) is 8. The summed E-state index contributed by atoms with van der Waals surface area (Å²) in [4.78, 5) is 32.2. The molecule has 0 amide bonds. The molecule has 4 heterocycles. The minimum Gasteiger partial charge on any atom is -0.469 e. The maximum absolute atomic E-state index is 11.6. The maximum atomic E-state index is 11.6. The SMILES string of the molecule is COC(=O)Cc1c(C)nc2cc(-c3cccc(Br)c3)nn2c1Cl.COC(=O)Cc1c(C)nc2cc(-c3cccc(Br)c3)nn2c1I. The highest BCUT2D eigenvalue weighted by Gasteiger charge is 2.18. The molecule has 10 nitrogen and oxygen atoms in total. The van der Waals surface area contributed by atoms with Gasteiger partial charge in [0.1, 0.15) is 8.85 Å². The number of rotatable bonds is 6. The van der Waals surface area contributed by atoms with Gasteiger partial charge in [-0.15, -0.1) is 0 Å². The van der Waals surface area contributed by atoms with E-state index >= 15 is 0 Å². The summed E-state index contributed by atoms with van der Waals surface area (Å²) in [6.45, 7) is 3.71. The van der Waals surface area contributed by atoms with Gasteiger partial charge in [0.25, 0.3) is 0 Å². The highest BCUT2D eigenvalue weighted by molar-refractivity contribution is 14.1. The first kappa shape index (κ1) is 33.9. The predicted molar refractivity (Wildman–Crippen MR) is 191 cm³/mol. The number of fused-ring (bicyclic) bond motifs is 2. The third kappa shape index (κ3) is 7.42. The Morgan fingerprint density at radius 3 is 1.72 bits per heavy atom. The van der Waals surface area contributed by atoms with Gasteiger partial charge in [-0.2, -0.15) is 10.2 Å². The number of methoxy groups -OCH3 is 2. The molecule has 0 aliphatic heterocycles. The Morgan fingerprint density at radius 1 is 0.761 bits per heavy atom. The molecule has 236 valence electrons. The van der Waals surface area contributed by atoms with E-state index in [0.29, 0.717) is 22.1 Å². The van der Waals surface area contributed by atoms with Gasteiger partial charge in [-0.3, -0.25) is 9.59 Å². The van der Waals surface area contributed by atoms with Gasteiger partial charge in [0, 0.05) is 54.7 Å². The zero-order chi connectivity index (χ0) is 33.1. The third-order valence-corrected chi connectivity index (χ3v) is 9.51. The fourth-order valence-electron chi connectivity index (χ4n) is 4.64. The van der Waals surface area contributed by atoms with Gasteiger partial charge in [0.15, 0.2) is 11.3 Å². The molecule has 0 aliphatic rings. The molecule has 0 radical (unpaired) electrons. The Balaban J connectivity index is 0.000000181. The number of benzene rings is 2. The summed E-state index contributed by atoms with van der Waals surface area (Å²) in [7, 11) is 2.73. The summed E-state index contributed by atoms with van der Waals surface area (Å²) in [5, 5.41) is 9.51. The molecule has 0 N–H and O–H groups in total. The van der Waals surface area contributed by atoms with Crippen molar-refractivity contribution in [3.63, 3.8) is 0 Å². The number of aryl methyl sites for hydroxylation is 2. The average Bonchev–Trinajstić information content (AvgIpc) is 3.66. The first-order valence-corrected chi connectivity index (χ1v) is 16.8. The second kappa shape index (κ2) is 14.6. The molecule has 6 aromatic rings. The van der Waals surface area contributed by atoms with Crippen molar-refractivity contribution in [1.29, 1.82) is 0 Å². The summed E-state index contributed by atoms with van der Waals surface area (Å²) in [5.74, 6) is -0.651. The van der Waals surface area contributed by atoms with Crippen molar-refractivity contribution in [2.24, 2.45) is 0 Å². The lowest BCUT2D eigenvalue weighted by Crippen LogP contribution is -2.12. The largest absolute Gasteiger partial charge is 0.469 e. The van der Waals surface area contributed by atoms with Gasteiger partial charge in [-0.25, -0.2) is 19.0 Å². The highest BCUT2D eigenvalue weighted by Crippen LogP contribution is 2.28. The van der Waals surface area contributed by atoms with Gasteiger partial charge >= 0.3 is 11.9 Å². The fourth-order valence-corrected chi connectivity index (χ4v) is 6.70. The zero-order valence-electron chi connectivity index (χ0n) is 25.0. The van der Waals surface area contributed by atoms with E-state index in [1.807, 2.05) is 74.5 Å². The first-order valence-electron chi connectivity index (χ1n) is 13.7. The van der Waals surface area contributed by atoms with E-state index in [4.69, 9.17) is 21.1 Å².